The summed E-state index contributed by atoms with van der Waals surface area (Å²) in [5, 5.41) is 2.96. The van der Waals surface area contributed by atoms with Crippen molar-refractivity contribution in [3.63, 3.8) is 0 Å². The number of nitrogens with zero attached hydrogens (tertiary/aromatic N) is 1. The normalized spacial score (nSPS) is 13.3. The number of carbonyl (C=O) groups is 2. The summed E-state index contributed by atoms with van der Waals surface area (Å²) < 4.78 is 4.85. The molecule has 0 heterocycles. The molecular weight excluding hydrogens is 232 g/mol. The summed E-state index contributed by atoms with van der Waals surface area (Å²) in [5.74, 6) is -0.386. The highest BCUT2D eigenvalue weighted by Crippen LogP contribution is 2.08. The monoisotopic (exact) mass is 258 g/mol. The lowest BCUT2D eigenvalue weighted by atomic mass is 10.0. The molecule has 106 valence electrons. The van der Waals surface area contributed by atoms with Gasteiger partial charge in [-0.2, -0.15) is 0 Å². The number of hydrogen-bond donors (Lipinski definition) is 1. The first kappa shape index (κ1) is 16.9. The van der Waals surface area contributed by atoms with E-state index in [1.54, 1.807) is 25.8 Å². The van der Waals surface area contributed by atoms with Gasteiger partial charge < -0.3 is 10.1 Å². The third-order valence-electron chi connectivity index (χ3n) is 3.07. The summed E-state index contributed by atoms with van der Waals surface area (Å²) in [5.41, 5.74) is -0.226. The number of esters is 1. The van der Waals surface area contributed by atoms with E-state index in [0.29, 0.717) is 6.61 Å². The molecule has 0 aliphatic heterocycles. The SMILES string of the molecule is CCOC(=O)CN(C)C(C)C(=O)NC(C)(C)CC. The van der Waals surface area contributed by atoms with Crippen LogP contribution >= 0.6 is 0 Å². The Balaban J connectivity index is 4.32. The second-order valence-corrected chi connectivity index (χ2v) is 5.12. The highest BCUT2D eigenvalue weighted by Gasteiger charge is 2.25. The van der Waals surface area contributed by atoms with E-state index in [9.17, 15) is 9.59 Å². The van der Waals surface area contributed by atoms with Crippen molar-refractivity contribution < 1.29 is 14.3 Å². The summed E-state index contributed by atoms with van der Waals surface area (Å²) in [4.78, 5) is 25.0. The molecule has 1 unspecified atom stereocenters. The Labute approximate surface area is 110 Å². The molecule has 0 fully saturated rings. The van der Waals surface area contributed by atoms with Gasteiger partial charge in [0.2, 0.25) is 5.91 Å². The smallest absolute Gasteiger partial charge is 0.320 e. The fourth-order valence-corrected chi connectivity index (χ4v) is 1.27. The van der Waals surface area contributed by atoms with Crippen molar-refractivity contribution >= 4 is 11.9 Å². The van der Waals surface area contributed by atoms with Gasteiger partial charge >= 0.3 is 5.97 Å². The van der Waals surface area contributed by atoms with Gasteiger partial charge in [0, 0.05) is 5.54 Å². The average Bonchev–Trinajstić information content (AvgIpc) is 2.27. The van der Waals surface area contributed by atoms with Crippen LogP contribution in [-0.4, -0.2) is 48.6 Å². The van der Waals surface area contributed by atoms with Crippen LogP contribution < -0.4 is 5.32 Å². The van der Waals surface area contributed by atoms with Crippen LogP contribution in [-0.2, 0) is 14.3 Å². The van der Waals surface area contributed by atoms with Gasteiger partial charge in [-0.15, -0.1) is 0 Å². The summed E-state index contributed by atoms with van der Waals surface area (Å²) in [7, 11) is 1.74. The minimum absolute atomic E-state index is 0.0753. The molecule has 0 aromatic rings. The Morgan fingerprint density at radius 2 is 1.89 bits per heavy atom. The maximum atomic E-state index is 12.0. The lowest BCUT2D eigenvalue weighted by molar-refractivity contribution is -0.145. The Morgan fingerprint density at radius 3 is 2.33 bits per heavy atom. The van der Waals surface area contributed by atoms with Gasteiger partial charge in [-0.05, 0) is 41.2 Å². The summed E-state index contributed by atoms with van der Waals surface area (Å²) in [6, 6.07) is -0.361. The molecule has 0 aromatic heterocycles. The first-order valence-corrected chi connectivity index (χ1v) is 6.41. The van der Waals surface area contributed by atoms with Gasteiger partial charge in [0.1, 0.15) is 0 Å². The van der Waals surface area contributed by atoms with E-state index < -0.39 is 0 Å². The van der Waals surface area contributed by atoms with Crippen molar-refractivity contribution in [1.82, 2.24) is 10.2 Å². The number of amides is 1. The van der Waals surface area contributed by atoms with Crippen LogP contribution in [0.5, 0.6) is 0 Å². The van der Waals surface area contributed by atoms with E-state index in [0.717, 1.165) is 6.42 Å². The van der Waals surface area contributed by atoms with Crippen LogP contribution in [0.3, 0.4) is 0 Å². The Morgan fingerprint density at radius 1 is 1.33 bits per heavy atom. The Kier molecular flexibility index (Phi) is 6.91. The molecule has 0 aromatic carbocycles. The molecule has 0 saturated carbocycles. The lowest BCUT2D eigenvalue weighted by Gasteiger charge is -2.29. The minimum atomic E-state index is -0.361. The molecular formula is C13H26N2O3. The molecule has 0 bridgehead atoms. The first-order valence-electron chi connectivity index (χ1n) is 6.41. The molecule has 5 nitrogen and oxygen atoms in total. The van der Waals surface area contributed by atoms with Crippen LogP contribution in [0, 0.1) is 0 Å². The van der Waals surface area contributed by atoms with Crippen molar-refractivity contribution in [2.24, 2.45) is 0 Å². The van der Waals surface area contributed by atoms with Crippen LogP contribution in [0.4, 0.5) is 0 Å². The van der Waals surface area contributed by atoms with E-state index in [1.165, 1.54) is 0 Å². The molecule has 1 amide bonds. The number of likely N-dealkylation sites (N-methyl/N-ethyl adjacent to an activating group) is 1. The van der Waals surface area contributed by atoms with E-state index in [4.69, 9.17) is 4.74 Å². The third kappa shape index (κ3) is 6.00. The van der Waals surface area contributed by atoms with Crippen molar-refractivity contribution in [2.45, 2.75) is 52.6 Å². The standard InChI is InChI=1S/C13H26N2O3/c1-7-13(4,5)14-12(17)10(3)15(6)9-11(16)18-8-2/h10H,7-9H2,1-6H3,(H,14,17). The van der Waals surface area contributed by atoms with Gasteiger partial charge in [-0.3, -0.25) is 14.5 Å². The number of ether oxygens (including phenoxy) is 1. The zero-order valence-corrected chi connectivity index (χ0v) is 12.4. The van der Waals surface area contributed by atoms with Crippen LogP contribution in [0.2, 0.25) is 0 Å². The molecule has 0 rings (SSSR count). The molecule has 0 radical (unpaired) electrons. The van der Waals surface area contributed by atoms with E-state index in [2.05, 4.69) is 5.32 Å². The van der Waals surface area contributed by atoms with Gasteiger partial charge in [0.15, 0.2) is 0 Å². The van der Waals surface area contributed by atoms with Crippen molar-refractivity contribution in [3.8, 4) is 0 Å². The quantitative estimate of drug-likeness (QED) is 0.697. The maximum absolute atomic E-state index is 12.0. The summed E-state index contributed by atoms with van der Waals surface area (Å²) in [6.45, 7) is 9.99. The fraction of sp³-hybridized carbons (Fsp3) is 0.846. The minimum Gasteiger partial charge on any atom is -0.465 e. The third-order valence-corrected chi connectivity index (χ3v) is 3.07. The first-order chi connectivity index (χ1) is 8.23. The highest BCUT2D eigenvalue weighted by molar-refractivity contribution is 5.82. The van der Waals surface area contributed by atoms with Gasteiger partial charge in [0.25, 0.3) is 0 Å². The van der Waals surface area contributed by atoms with Crippen molar-refractivity contribution in [2.75, 3.05) is 20.2 Å². The Hall–Kier alpha value is -1.10. The molecule has 0 saturated heterocycles. The average molecular weight is 258 g/mol. The predicted octanol–water partition coefficient (Wildman–Crippen LogP) is 1.17. The second kappa shape index (κ2) is 7.36. The van der Waals surface area contributed by atoms with Crippen molar-refractivity contribution in [1.29, 1.82) is 0 Å². The molecule has 0 aliphatic carbocycles. The van der Waals surface area contributed by atoms with E-state index in [-0.39, 0.29) is 30.0 Å². The molecule has 0 aliphatic rings. The van der Waals surface area contributed by atoms with E-state index in [1.807, 2.05) is 20.8 Å². The molecule has 1 N–H and O–H groups in total. The van der Waals surface area contributed by atoms with Crippen molar-refractivity contribution in [3.05, 3.63) is 0 Å². The van der Waals surface area contributed by atoms with Gasteiger partial charge in [-0.1, -0.05) is 6.92 Å². The number of rotatable bonds is 7. The maximum Gasteiger partial charge on any atom is 0.320 e. The summed E-state index contributed by atoms with van der Waals surface area (Å²) >= 11 is 0. The molecule has 0 spiro atoms. The zero-order chi connectivity index (χ0) is 14.3. The van der Waals surface area contributed by atoms with Crippen LogP contribution in [0.15, 0.2) is 0 Å². The zero-order valence-electron chi connectivity index (χ0n) is 12.4. The summed E-state index contributed by atoms with van der Waals surface area (Å²) in [6.07, 6.45) is 0.854. The molecule has 5 heteroatoms. The Bertz CT molecular complexity index is 290. The molecule has 18 heavy (non-hydrogen) atoms. The predicted molar refractivity (Wildman–Crippen MR) is 71.2 cm³/mol. The molecule has 1 atom stereocenters. The van der Waals surface area contributed by atoms with Crippen LogP contribution in [0.1, 0.15) is 41.0 Å². The highest BCUT2D eigenvalue weighted by atomic mass is 16.5. The lowest BCUT2D eigenvalue weighted by Crippen LogP contribution is -2.51. The largest absolute Gasteiger partial charge is 0.465 e. The number of hydrogen-bond acceptors (Lipinski definition) is 4. The topological polar surface area (TPSA) is 58.6 Å². The van der Waals surface area contributed by atoms with Crippen LogP contribution in [0.25, 0.3) is 0 Å². The number of carbonyl (C=O) groups excluding carboxylic acids is 2. The number of nitrogens with one attached hydrogen (secondary N) is 1. The van der Waals surface area contributed by atoms with E-state index >= 15 is 0 Å². The fourth-order valence-electron chi connectivity index (χ4n) is 1.27. The second-order valence-electron chi connectivity index (χ2n) is 5.12. The van der Waals surface area contributed by atoms with Gasteiger partial charge in [0.05, 0.1) is 19.2 Å². The van der Waals surface area contributed by atoms with Gasteiger partial charge in [-0.25, -0.2) is 0 Å².